The van der Waals surface area contributed by atoms with Gasteiger partial charge in [-0.1, -0.05) is 23.7 Å². The fourth-order valence-corrected chi connectivity index (χ4v) is 6.93. The standard InChI is InChI=1S/C39H40ClFN6O4/c1-50-18-17-47-36-10-6-26(39(49)42-14-11-27-22-43-34-9-8-30(48)21-31(27)34)19-35(36)44-37(47)23-46-15-12-25(13-16-46)33-3-2-4-38(45-33)51-24-28-5-7-29(40)20-32(28)41/h2-10,19-22,25,43,48H,11-18,23-24H2,1H3,(H,42,49). The van der Waals surface area contributed by atoms with Gasteiger partial charge in [-0.2, -0.15) is 0 Å². The highest BCUT2D eigenvalue weighted by Gasteiger charge is 2.24. The zero-order valence-corrected chi connectivity index (χ0v) is 29.1. The minimum Gasteiger partial charge on any atom is -0.508 e. The number of methoxy groups -OCH3 is 1. The van der Waals surface area contributed by atoms with Crippen LogP contribution in [0.1, 0.15) is 51.8 Å². The monoisotopic (exact) mass is 710 g/mol. The van der Waals surface area contributed by atoms with E-state index in [0.29, 0.717) is 54.7 Å². The number of imidazole rings is 1. The predicted molar refractivity (Wildman–Crippen MR) is 195 cm³/mol. The average molecular weight is 711 g/mol. The molecule has 0 bridgehead atoms. The van der Waals surface area contributed by atoms with Gasteiger partial charge in [0.05, 0.1) is 24.2 Å². The van der Waals surface area contributed by atoms with Crippen LogP contribution in [0.4, 0.5) is 4.39 Å². The number of amides is 1. The number of phenols is 1. The van der Waals surface area contributed by atoms with Crippen LogP contribution in [-0.4, -0.2) is 68.8 Å². The molecule has 4 heterocycles. The van der Waals surface area contributed by atoms with Crippen LogP contribution in [0.25, 0.3) is 21.9 Å². The first-order valence-electron chi connectivity index (χ1n) is 17.2. The fourth-order valence-electron chi connectivity index (χ4n) is 6.78. The number of piperidine rings is 1. The number of rotatable bonds is 13. The van der Waals surface area contributed by atoms with E-state index >= 15 is 0 Å². The molecule has 1 saturated heterocycles. The Morgan fingerprint density at radius 1 is 1.06 bits per heavy atom. The number of nitrogens with one attached hydrogen (secondary N) is 2. The molecule has 3 aromatic heterocycles. The molecular weight excluding hydrogens is 671 g/mol. The molecule has 1 aliphatic heterocycles. The van der Waals surface area contributed by atoms with Crippen molar-refractivity contribution < 1.29 is 23.8 Å². The number of fused-ring (bicyclic) bond motifs is 2. The molecule has 6 aromatic rings. The summed E-state index contributed by atoms with van der Waals surface area (Å²) in [6, 6.07) is 21.2. The van der Waals surface area contributed by atoms with Crippen LogP contribution in [0, 0.1) is 5.82 Å². The Morgan fingerprint density at radius 2 is 1.92 bits per heavy atom. The number of ether oxygens (including phenoxy) is 2. The topological polar surface area (TPSA) is 118 Å². The number of benzene rings is 3. The van der Waals surface area contributed by atoms with E-state index in [2.05, 4.69) is 19.8 Å². The number of hydrogen-bond acceptors (Lipinski definition) is 7. The lowest BCUT2D eigenvalue weighted by atomic mass is 9.93. The van der Waals surface area contributed by atoms with Gasteiger partial charge >= 0.3 is 0 Å². The Bertz CT molecular complexity index is 2160. The summed E-state index contributed by atoms with van der Waals surface area (Å²) in [5.74, 6) is 1.35. The first-order valence-corrected chi connectivity index (χ1v) is 17.5. The van der Waals surface area contributed by atoms with Gasteiger partial charge in [-0.15, -0.1) is 0 Å². The van der Waals surface area contributed by atoms with Gasteiger partial charge in [0.2, 0.25) is 5.88 Å². The van der Waals surface area contributed by atoms with Crippen molar-refractivity contribution in [3.05, 3.63) is 118 Å². The molecule has 1 aliphatic rings. The van der Waals surface area contributed by atoms with Gasteiger partial charge in [-0.3, -0.25) is 9.69 Å². The molecule has 0 saturated carbocycles. The first kappa shape index (κ1) is 34.5. The van der Waals surface area contributed by atoms with E-state index in [0.717, 1.165) is 64.9 Å². The number of hydrogen-bond donors (Lipinski definition) is 3. The summed E-state index contributed by atoms with van der Waals surface area (Å²) in [7, 11) is 1.69. The summed E-state index contributed by atoms with van der Waals surface area (Å²) in [6.45, 7) is 4.17. The van der Waals surface area contributed by atoms with Crippen LogP contribution in [0.2, 0.25) is 5.02 Å². The lowest BCUT2D eigenvalue weighted by molar-refractivity contribution is 0.0954. The fraction of sp³-hybridized carbons (Fsp3) is 0.308. The van der Waals surface area contributed by atoms with Gasteiger partial charge in [0, 0.05) is 71.1 Å². The second kappa shape index (κ2) is 15.5. The molecule has 3 aromatic carbocycles. The van der Waals surface area contributed by atoms with Crippen molar-refractivity contribution in [1.29, 1.82) is 0 Å². The molecule has 264 valence electrons. The normalized spacial score (nSPS) is 14.0. The van der Waals surface area contributed by atoms with Gasteiger partial charge in [-0.05, 0) is 92.5 Å². The maximum atomic E-state index is 14.2. The smallest absolute Gasteiger partial charge is 0.251 e. The highest BCUT2D eigenvalue weighted by atomic mass is 35.5. The summed E-state index contributed by atoms with van der Waals surface area (Å²) < 4.78 is 27.7. The molecule has 0 spiro atoms. The zero-order valence-electron chi connectivity index (χ0n) is 28.4. The largest absolute Gasteiger partial charge is 0.508 e. The van der Waals surface area contributed by atoms with E-state index < -0.39 is 5.82 Å². The molecular formula is C39H40ClFN6O4. The zero-order chi connectivity index (χ0) is 35.3. The lowest BCUT2D eigenvalue weighted by Gasteiger charge is -2.31. The number of carbonyl (C=O) groups is 1. The number of phenolic OH excluding ortho intramolecular Hbond substituents is 1. The molecule has 0 atom stereocenters. The van der Waals surface area contributed by atoms with Crippen LogP contribution in [0.3, 0.4) is 0 Å². The van der Waals surface area contributed by atoms with Crippen LogP contribution in [0.15, 0.2) is 79.0 Å². The van der Waals surface area contributed by atoms with Gasteiger partial charge < -0.3 is 29.4 Å². The molecule has 1 fully saturated rings. The van der Waals surface area contributed by atoms with Crippen LogP contribution in [0.5, 0.6) is 11.6 Å². The van der Waals surface area contributed by atoms with Crippen LogP contribution >= 0.6 is 11.6 Å². The Morgan fingerprint density at radius 3 is 2.75 bits per heavy atom. The van der Waals surface area contributed by atoms with Crippen molar-refractivity contribution >= 4 is 39.4 Å². The number of aromatic nitrogens is 4. The number of halogens is 2. The first-order chi connectivity index (χ1) is 24.8. The van der Waals surface area contributed by atoms with E-state index in [4.69, 9.17) is 31.0 Å². The third-order valence-corrected chi connectivity index (χ3v) is 9.78. The van der Waals surface area contributed by atoms with E-state index in [1.54, 1.807) is 37.4 Å². The highest BCUT2D eigenvalue weighted by molar-refractivity contribution is 6.30. The maximum Gasteiger partial charge on any atom is 0.251 e. The molecule has 3 N–H and O–H groups in total. The Hall–Kier alpha value is -4.97. The summed E-state index contributed by atoms with van der Waals surface area (Å²) in [5, 5.41) is 14.2. The molecule has 10 nitrogen and oxygen atoms in total. The van der Waals surface area contributed by atoms with E-state index in [-0.39, 0.29) is 24.2 Å². The number of H-pyrrole nitrogens is 1. The number of likely N-dealkylation sites (tertiary alicyclic amines) is 1. The molecule has 0 unspecified atom stereocenters. The minimum absolute atomic E-state index is 0.0761. The van der Waals surface area contributed by atoms with Gasteiger partial charge in [-0.25, -0.2) is 14.4 Å². The van der Waals surface area contributed by atoms with E-state index in [9.17, 15) is 14.3 Å². The summed E-state index contributed by atoms with van der Waals surface area (Å²) >= 11 is 5.87. The average Bonchev–Trinajstić information content (AvgIpc) is 3.70. The van der Waals surface area contributed by atoms with Crippen LogP contribution in [-0.2, 0) is 30.9 Å². The van der Waals surface area contributed by atoms with Crippen molar-refractivity contribution in [2.24, 2.45) is 0 Å². The van der Waals surface area contributed by atoms with E-state index in [1.807, 2.05) is 42.6 Å². The van der Waals surface area contributed by atoms with Gasteiger partial charge in [0.1, 0.15) is 24.0 Å². The number of aromatic amines is 1. The summed E-state index contributed by atoms with van der Waals surface area (Å²) in [6.07, 6.45) is 4.41. The van der Waals surface area contributed by atoms with E-state index in [1.165, 1.54) is 6.07 Å². The molecule has 12 heteroatoms. The second-order valence-electron chi connectivity index (χ2n) is 12.9. The Balaban J connectivity index is 0.969. The van der Waals surface area contributed by atoms with Crippen molar-refractivity contribution in [3.8, 4) is 11.6 Å². The predicted octanol–water partition coefficient (Wildman–Crippen LogP) is 6.99. The number of carbonyl (C=O) groups excluding carboxylic acids is 1. The third kappa shape index (κ3) is 8.01. The molecule has 0 aliphatic carbocycles. The Kier molecular flexibility index (Phi) is 10.5. The summed E-state index contributed by atoms with van der Waals surface area (Å²) in [4.78, 5) is 28.5. The highest BCUT2D eigenvalue weighted by Crippen LogP contribution is 2.30. The molecule has 7 rings (SSSR count). The SMILES string of the molecule is COCCn1c(CN2CCC(c3cccc(OCc4ccc(Cl)cc4F)n3)CC2)nc2cc(C(=O)NCCc3c[nH]c4ccc(O)cc34)ccc21. The van der Waals surface area contributed by atoms with Crippen molar-refractivity contribution in [2.45, 2.75) is 44.9 Å². The second-order valence-corrected chi connectivity index (χ2v) is 13.3. The number of aromatic hydroxyl groups is 1. The quantitative estimate of drug-likeness (QED) is 0.118. The van der Waals surface area contributed by atoms with Crippen LogP contribution < -0.4 is 10.1 Å². The molecule has 51 heavy (non-hydrogen) atoms. The molecule has 1 amide bonds. The third-order valence-electron chi connectivity index (χ3n) is 9.55. The molecule has 0 radical (unpaired) electrons. The Labute approximate surface area is 300 Å². The van der Waals surface area contributed by atoms with Gasteiger partial charge in [0.25, 0.3) is 5.91 Å². The maximum absolute atomic E-state index is 14.2. The van der Waals surface area contributed by atoms with Crippen molar-refractivity contribution in [1.82, 2.24) is 29.7 Å². The van der Waals surface area contributed by atoms with Crippen molar-refractivity contribution in [2.75, 3.05) is 33.4 Å². The summed E-state index contributed by atoms with van der Waals surface area (Å²) in [5.41, 5.74) is 5.67. The minimum atomic E-state index is -0.399. The number of pyridine rings is 1. The van der Waals surface area contributed by atoms with Crippen molar-refractivity contribution in [3.63, 3.8) is 0 Å². The van der Waals surface area contributed by atoms with Gasteiger partial charge in [0.15, 0.2) is 0 Å². The lowest BCUT2D eigenvalue weighted by Crippen LogP contribution is -2.33. The number of nitrogens with zero attached hydrogens (tertiary/aromatic N) is 4.